The van der Waals surface area contributed by atoms with Gasteiger partial charge in [-0.25, -0.2) is 0 Å². The molecule has 2 aromatic rings. The normalized spacial score (nSPS) is 10.8. The predicted molar refractivity (Wildman–Crippen MR) is 72.7 cm³/mol. The maximum absolute atomic E-state index is 12.3. The van der Waals surface area contributed by atoms with Gasteiger partial charge in [-0.1, -0.05) is 31.5 Å². The second kappa shape index (κ2) is 5.21. The maximum atomic E-state index is 12.3. The van der Waals surface area contributed by atoms with E-state index in [2.05, 4.69) is 17.1 Å². The summed E-state index contributed by atoms with van der Waals surface area (Å²) >= 11 is 0. The van der Waals surface area contributed by atoms with Crippen molar-refractivity contribution < 1.29 is 4.79 Å². The molecule has 2 rings (SSSR count). The third-order valence-electron chi connectivity index (χ3n) is 3.19. The lowest BCUT2D eigenvalue weighted by molar-refractivity contribution is 0.0789. The number of aromatic amines is 1. The highest BCUT2D eigenvalue weighted by molar-refractivity contribution is 6.05. The van der Waals surface area contributed by atoms with Gasteiger partial charge in [0.2, 0.25) is 0 Å². The molecule has 18 heavy (non-hydrogen) atoms. The van der Waals surface area contributed by atoms with Gasteiger partial charge < -0.3 is 4.90 Å². The Balaban J connectivity index is 2.31. The number of unbranched alkanes of at least 4 members (excludes halogenated alkanes) is 1. The van der Waals surface area contributed by atoms with Crippen LogP contribution in [0.4, 0.5) is 0 Å². The van der Waals surface area contributed by atoms with Crippen LogP contribution in [0.2, 0.25) is 0 Å². The topological polar surface area (TPSA) is 49.0 Å². The third kappa shape index (κ3) is 2.23. The summed E-state index contributed by atoms with van der Waals surface area (Å²) in [5, 5.41) is 8.01. The molecule has 4 nitrogen and oxygen atoms in total. The van der Waals surface area contributed by atoms with Crippen molar-refractivity contribution in [2.75, 3.05) is 13.6 Å². The van der Waals surface area contributed by atoms with Crippen molar-refractivity contribution in [2.45, 2.75) is 26.7 Å². The number of aromatic nitrogens is 2. The zero-order valence-electron chi connectivity index (χ0n) is 11.2. The number of nitrogens with zero attached hydrogens (tertiary/aromatic N) is 2. The van der Waals surface area contributed by atoms with Gasteiger partial charge >= 0.3 is 0 Å². The van der Waals surface area contributed by atoms with E-state index in [9.17, 15) is 4.79 Å². The summed E-state index contributed by atoms with van der Waals surface area (Å²) in [5.41, 5.74) is 2.55. The minimum atomic E-state index is 0.0107. The number of nitrogens with one attached hydrogen (secondary N) is 1. The van der Waals surface area contributed by atoms with Crippen LogP contribution in [0.3, 0.4) is 0 Å². The number of hydrogen-bond donors (Lipinski definition) is 1. The molecule has 1 amide bonds. The number of fused-ring (bicyclic) bond motifs is 1. The van der Waals surface area contributed by atoms with Gasteiger partial charge in [0.1, 0.15) is 5.69 Å². The van der Waals surface area contributed by atoms with Gasteiger partial charge in [0.15, 0.2) is 0 Å². The Kier molecular flexibility index (Phi) is 3.65. The monoisotopic (exact) mass is 245 g/mol. The van der Waals surface area contributed by atoms with Crippen molar-refractivity contribution in [2.24, 2.45) is 0 Å². The molecule has 0 saturated carbocycles. The first-order chi connectivity index (χ1) is 8.65. The molecule has 0 aliphatic rings. The third-order valence-corrected chi connectivity index (χ3v) is 3.19. The highest BCUT2D eigenvalue weighted by Crippen LogP contribution is 2.20. The Hall–Kier alpha value is -1.84. The molecule has 1 N–H and O–H groups in total. The van der Waals surface area contributed by atoms with Crippen molar-refractivity contribution in [3.05, 3.63) is 29.5 Å². The molecule has 0 aliphatic heterocycles. The highest BCUT2D eigenvalue weighted by Gasteiger charge is 2.17. The number of H-pyrrole nitrogens is 1. The molecule has 0 atom stereocenters. The molecule has 4 heteroatoms. The molecule has 0 saturated heterocycles. The first kappa shape index (κ1) is 12.6. The molecule has 96 valence electrons. The van der Waals surface area contributed by atoms with Crippen LogP contribution < -0.4 is 0 Å². The lowest BCUT2D eigenvalue weighted by Crippen LogP contribution is -2.28. The summed E-state index contributed by atoms with van der Waals surface area (Å²) in [5.74, 6) is 0.0107. The summed E-state index contributed by atoms with van der Waals surface area (Å²) in [6, 6.07) is 5.89. The number of para-hydroxylation sites is 1. The fourth-order valence-corrected chi connectivity index (χ4v) is 2.03. The van der Waals surface area contributed by atoms with E-state index < -0.39 is 0 Å². The standard InChI is InChI=1S/C14H19N3O/c1-4-5-9-17(3)14(18)13-11-8-6-7-10(2)12(11)15-16-13/h6-8H,4-5,9H2,1-3H3,(H,15,16). The van der Waals surface area contributed by atoms with Gasteiger partial charge in [0.25, 0.3) is 5.91 Å². The number of hydrogen-bond acceptors (Lipinski definition) is 2. The number of carbonyl (C=O) groups excluding carboxylic acids is 1. The van der Waals surface area contributed by atoms with E-state index in [1.807, 2.05) is 32.2 Å². The van der Waals surface area contributed by atoms with Crippen molar-refractivity contribution in [3.63, 3.8) is 0 Å². The van der Waals surface area contributed by atoms with E-state index in [-0.39, 0.29) is 5.91 Å². The van der Waals surface area contributed by atoms with Gasteiger partial charge in [-0.3, -0.25) is 9.89 Å². The van der Waals surface area contributed by atoms with Gasteiger partial charge in [-0.05, 0) is 18.9 Å². The Morgan fingerprint density at radius 2 is 2.22 bits per heavy atom. The zero-order chi connectivity index (χ0) is 13.1. The second-order valence-corrected chi connectivity index (χ2v) is 4.65. The smallest absolute Gasteiger partial charge is 0.272 e. The molecular weight excluding hydrogens is 226 g/mol. The van der Waals surface area contributed by atoms with Crippen LogP contribution >= 0.6 is 0 Å². The molecule has 0 spiro atoms. The Morgan fingerprint density at radius 1 is 1.44 bits per heavy atom. The summed E-state index contributed by atoms with van der Waals surface area (Å²) in [7, 11) is 1.83. The molecule has 0 radical (unpaired) electrons. The van der Waals surface area contributed by atoms with Crippen molar-refractivity contribution in [3.8, 4) is 0 Å². The van der Waals surface area contributed by atoms with E-state index >= 15 is 0 Å². The lowest BCUT2D eigenvalue weighted by atomic mass is 10.1. The van der Waals surface area contributed by atoms with Crippen molar-refractivity contribution >= 4 is 16.8 Å². The fourth-order valence-electron chi connectivity index (χ4n) is 2.03. The molecule has 0 fully saturated rings. The van der Waals surface area contributed by atoms with Crippen LogP contribution in [0.25, 0.3) is 10.9 Å². The maximum Gasteiger partial charge on any atom is 0.272 e. The van der Waals surface area contributed by atoms with Crippen LogP contribution in [0.15, 0.2) is 18.2 Å². The lowest BCUT2D eigenvalue weighted by Gasteiger charge is -2.15. The second-order valence-electron chi connectivity index (χ2n) is 4.65. The zero-order valence-corrected chi connectivity index (χ0v) is 11.2. The largest absolute Gasteiger partial charge is 0.340 e. The van der Waals surface area contributed by atoms with Gasteiger partial charge in [-0.2, -0.15) is 5.10 Å². The van der Waals surface area contributed by atoms with Crippen molar-refractivity contribution in [1.82, 2.24) is 15.1 Å². The van der Waals surface area contributed by atoms with E-state index in [0.717, 1.165) is 35.9 Å². The number of aryl methyl sites for hydroxylation is 1. The SMILES string of the molecule is CCCCN(C)C(=O)c1[nH]nc2c(C)cccc12. The van der Waals surface area contributed by atoms with Crippen molar-refractivity contribution in [1.29, 1.82) is 0 Å². The van der Waals surface area contributed by atoms with E-state index in [0.29, 0.717) is 5.69 Å². The van der Waals surface area contributed by atoms with Gasteiger partial charge in [0, 0.05) is 19.0 Å². The predicted octanol–water partition coefficient (Wildman–Crippen LogP) is 2.74. The number of carbonyl (C=O) groups is 1. The van der Waals surface area contributed by atoms with E-state index in [1.165, 1.54) is 0 Å². The Morgan fingerprint density at radius 3 is 2.94 bits per heavy atom. The molecule has 0 bridgehead atoms. The van der Waals surface area contributed by atoms with Crippen LogP contribution in [-0.2, 0) is 0 Å². The average molecular weight is 245 g/mol. The Bertz CT molecular complexity index is 559. The molecule has 1 aromatic heterocycles. The van der Waals surface area contributed by atoms with Crippen LogP contribution in [0, 0.1) is 6.92 Å². The quantitative estimate of drug-likeness (QED) is 0.900. The van der Waals surface area contributed by atoms with Crippen LogP contribution in [0.5, 0.6) is 0 Å². The average Bonchev–Trinajstić information content (AvgIpc) is 2.80. The Labute approximate surface area is 107 Å². The highest BCUT2D eigenvalue weighted by atomic mass is 16.2. The van der Waals surface area contributed by atoms with Gasteiger partial charge in [-0.15, -0.1) is 0 Å². The minimum Gasteiger partial charge on any atom is -0.340 e. The summed E-state index contributed by atoms with van der Waals surface area (Å²) < 4.78 is 0. The first-order valence-corrected chi connectivity index (χ1v) is 6.34. The van der Waals surface area contributed by atoms with Gasteiger partial charge in [0.05, 0.1) is 5.52 Å². The number of rotatable bonds is 4. The minimum absolute atomic E-state index is 0.0107. The summed E-state index contributed by atoms with van der Waals surface area (Å²) in [6.45, 7) is 4.90. The number of benzene rings is 1. The molecule has 1 aromatic carbocycles. The molecule has 1 heterocycles. The molecule has 0 aliphatic carbocycles. The summed E-state index contributed by atoms with van der Waals surface area (Å²) in [6.07, 6.45) is 2.10. The fraction of sp³-hybridized carbons (Fsp3) is 0.429. The molecular formula is C14H19N3O. The van der Waals surface area contributed by atoms with E-state index in [1.54, 1.807) is 4.90 Å². The van der Waals surface area contributed by atoms with Crippen LogP contribution in [-0.4, -0.2) is 34.6 Å². The van der Waals surface area contributed by atoms with E-state index in [4.69, 9.17) is 0 Å². The molecule has 0 unspecified atom stereocenters. The first-order valence-electron chi connectivity index (χ1n) is 6.34. The summed E-state index contributed by atoms with van der Waals surface area (Å²) in [4.78, 5) is 14.0. The van der Waals surface area contributed by atoms with Crippen LogP contribution in [0.1, 0.15) is 35.8 Å². The number of amides is 1.